The third kappa shape index (κ3) is 3.85. The van der Waals surface area contributed by atoms with Gasteiger partial charge in [-0.1, -0.05) is 31.2 Å². The van der Waals surface area contributed by atoms with Gasteiger partial charge in [-0.3, -0.25) is 0 Å². The number of nitrogens with zero attached hydrogens (tertiary/aromatic N) is 1. The maximum atomic E-state index is 5.97. The van der Waals surface area contributed by atoms with E-state index in [0.29, 0.717) is 12.5 Å². The maximum absolute atomic E-state index is 5.97. The van der Waals surface area contributed by atoms with Crippen molar-refractivity contribution in [3.63, 3.8) is 0 Å². The Bertz CT molecular complexity index is 763. The van der Waals surface area contributed by atoms with E-state index in [1.807, 2.05) is 49.4 Å². The molecule has 1 aliphatic rings. The van der Waals surface area contributed by atoms with Gasteiger partial charge in [-0.15, -0.1) is 0 Å². The largest absolute Gasteiger partial charge is 0.491 e. The first kappa shape index (κ1) is 16.3. The molecular formula is C21H23NO2. The number of ether oxygens (including phenoxy) is 2. The van der Waals surface area contributed by atoms with E-state index in [1.165, 1.54) is 11.1 Å². The van der Waals surface area contributed by atoms with Gasteiger partial charge in [-0.25, -0.2) is 4.99 Å². The first-order valence-corrected chi connectivity index (χ1v) is 8.37. The predicted molar refractivity (Wildman–Crippen MR) is 97.7 cm³/mol. The molecule has 0 fully saturated rings. The summed E-state index contributed by atoms with van der Waals surface area (Å²) in [5.41, 5.74) is 3.61. The summed E-state index contributed by atoms with van der Waals surface area (Å²) in [6.07, 6.45) is 3.01. The molecule has 0 bridgehead atoms. The standard InChI is InChI=1S/C21H23NO2/c1-4-17-13-20(11-10-15(17)2)23-14-19-12-16(3)24-21(22-19)18-8-6-5-7-9-18/h5-13,19H,4,14H2,1-3H3. The predicted octanol–water partition coefficient (Wildman–Crippen LogP) is 4.69. The molecule has 1 aliphatic heterocycles. The molecule has 1 unspecified atom stereocenters. The summed E-state index contributed by atoms with van der Waals surface area (Å²) in [6.45, 7) is 6.74. The van der Waals surface area contributed by atoms with Gasteiger partial charge in [0, 0.05) is 5.56 Å². The van der Waals surface area contributed by atoms with Gasteiger partial charge in [-0.2, -0.15) is 0 Å². The maximum Gasteiger partial charge on any atom is 0.222 e. The van der Waals surface area contributed by atoms with Gasteiger partial charge in [0.25, 0.3) is 0 Å². The van der Waals surface area contributed by atoms with Crippen LogP contribution in [-0.2, 0) is 11.2 Å². The van der Waals surface area contributed by atoms with E-state index >= 15 is 0 Å². The Labute approximate surface area is 143 Å². The quantitative estimate of drug-likeness (QED) is 0.800. The Morgan fingerprint density at radius 2 is 1.88 bits per heavy atom. The van der Waals surface area contributed by atoms with E-state index in [2.05, 4.69) is 31.0 Å². The first-order chi connectivity index (χ1) is 11.7. The molecule has 0 saturated heterocycles. The monoisotopic (exact) mass is 321 g/mol. The molecule has 0 radical (unpaired) electrons. The van der Waals surface area contributed by atoms with Crippen LogP contribution in [0.1, 0.15) is 30.5 Å². The van der Waals surface area contributed by atoms with Gasteiger partial charge < -0.3 is 9.47 Å². The molecule has 0 N–H and O–H groups in total. The van der Waals surface area contributed by atoms with Gasteiger partial charge in [0.05, 0.1) is 0 Å². The lowest BCUT2D eigenvalue weighted by molar-refractivity contribution is 0.293. The average molecular weight is 321 g/mol. The van der Waals surface area contributed by atoms with E-state index in [1.54, 1.807) is 0 Å². The highest BCUT2D eigenvalue weighted by atomic mass is 16.5. The van der Waals surface area contributed by atoms with E-state index in [-0.39, 0.29) is 6.04 Å². The SMILES string of the molecule is CCc1cc(OCC2C=C(C)OC(c3ccccc3)=N2)ccc1C. The number of aryl methyl sites for hydroxylation is 2. The van der Waals surface area contributed by atoms with E-state index in [0.717, 1.165) is 23.5 Å². The van der Waals surface area contributed by atoms with Crippen LogP contribution in [0.15, 0.2) is 65.4 Å². The highest BCUT2D eigenvalue weighted by Gasteiger charge is 2.17. The second-order valence-corrected chi connectivity index (χ2v) is 6.00. The number of benzene rings is 2. The van der Waals surface area contributed by atoms with Crippen LogP contribution in [-0.4, -0.2) is 18.5 Å². The molecule has 1 atom stereocenters. The van der Waals surface area contributed by atoms with Crippen molar-refractivity contribution in [2.75, 3.05) is 6.61 Å². The summed E-state index contributed by atoms with van der Waals surface area (Å²) >= 11 is 0. The lowest BCUT2D eigenvalue weighted by Gasteiger charge is -2.20. The third-order valence-corrected chi connectivity index (χ3v) is 4.11. The second-order valence-electron chi connectivity index (χ2n) is 6.00. The molecule has 2 aromatic rings. The Kier molecular flexibility index (Phi) is 4.99. The van der Waals surface area contributed by atoms with Gasteiger partial charge >= 0.3 is 0 Å². The highest BCUT2D eigenvalue weighted by molar-refractivity contribution is 5.95. The van der Waals surface area contributed by atoms with Crippen molar-refractivity contribution >= 4 is 5.90 Å². The Morgan fingerprint density at radius 1 is 1.08 bits per heavy atom. The second kappa shape index (κ2) is 7.35. The minimum absolute atomic E-state index is 0.0414. The van der Waals surface area contributed by atoms with Crippen LogP contribution in [0.2, 0.25) is 0 Å². The number of aliphatic imine (C=N–C) groups is 1. The molecule has 0 amide bonds. The van der Waals surface area contributed by atoms with Crippen molar-refractivity contribution in [2.45, 2.75) is 33.2 Å². The molecule has 2 aromatic carbocycles. The zero-order valence-electron chi connectivity index (χ0n) is 14.5. The average Bonchev–Trinajstić information content (AvgIpc) is 2.61. The Balaban J connectivity index is 1.72. The molecule has 0 aromatic heterocycles. The molecule has 24 heavy (non-hydrogen) atoms. The summed E-state index contributed by atoms with van der Waals surface area (Å²) < 4.78 is 11.7. The fraction of sp³-hybridized carbons (Fsp3) is 0.286. The summed E-state index contributed by atoms with van der Waals surface area (Å²) in [7, 11) is 0. The van der Waals surface area contributed by atoms with Crippen LogP contribution >= 0.6 is 0 Å². The van der Waals surface area contributed by atoms with Crippen molar-refractivity contribution in [3.8, 4) is 5.75 Å². The van der Waals surface area contributed by atoms with Gasteiger partial charge in [-0.05, 0) is 61.7 Å². The fourth-order valence-corrected chi connectivity index (χ4v) is 2.77. The molecule has 3 nitrogen and oxygen atoms in total. The van der Waals surface area contributed by atoms with Crippen molar-refractivity contribution in [1.29, 1.82) is 0 Å². The van der Waals surface area contributed by atoms with Gasteiger partial charge in [0.15, 0.2) is 0 Å². The van der Waals surface area contributed by atoms with Crippen LogP contribution in [0.5, 0.6) is 5.75 Å². The minimum Gasteiger partial charge on any atom is -0.491 e. The molecule has 0 aliphatic carbocycles. The molecule has 1 heterocycles. The fourth-order valence-electron chi connectivity index (χ4n) is 2.77. The summed E-state index contributed by atoms with van der Waals surface area (Å²) in [6, 6.07) is 16.2. The molecule has 124 valence electrons. The molecule has 0 saturated carbocycles. The smallest absolute Gasteiger partial charge is 0.222 e. The number of hydrogen-bond donors (Lipinski definition) is 0. The molecule has 3 heteroatoms. The Morgan fingerprint density at radius 3 is 2.62 bits per heavy atom. The molecule has 0 spiro atoms. The van der Waals surface area contributed by atoms with Crippen LogP contribution in [0, 0.1) is 6.92 Å². The van der Waals surface area contributed by atoms with Crippen molar-refractivity contribution in [2.24, 2.45) is 4.99 Å². The van der Waals surface area contributed by atoms with E-state index in [9.17, 15) is 0 Å². The minimum atomic E-state index is -0.0414. The van der Waals surface area contributed by atoms with Gasteiger partial charge in [0.2, 0.25) is 5.90 Å². The van der Waals surface area contributed by atoms with Crippen LogP contribution in [0.4, 0.5) is 0 Å². The lowest BCUT2D eigenvalue weighted by atomic mass is 10.1. The molecule has 3 rings (SSSR count). The summed E-state index contributed by atoms with van der Waals surface area (Å²) in [4.78, 5) is 4.67. The lowest BCUT2D eigenvalue weighted by Crippen LogP contribution is -2.22. The van der Waals surface area contributed by atoms with Crippen LogP contribution in [0.3, 0.4) is 0 Å². The third-order valence-electron chi connectivity index (χ3n) is 4.11. The zero-order chi connectivity index (χ0) is 16.9. The topological polar surface area (TPSA) is 30.8 Å². The first-order valence-electron chi connectivity index (χ1n) is 8.37. The highest BCUT2D eigenvalue weighted by Crippen LogP contribution is 2.20. The normalized spacial score (nSPS) is 16.9. The summed E-state index contributed by atoms with van der Waals surface area (Å²) in [5.74, 6) is 2.41. The zero-order valence-corrected chi connectivity index (χ0v) is 14.5. The number of rotatable bonds is 5. The number of hydrogen-bond acceptors (Lipinski definition) is 3. The van der Waals surface area contributed by atoms with E-state index in [4.69, 9.17) is 9.47 Å². The number of allylic oxidation sites excluding steroid dienone is 1. The van der Waals surface area contributed by atoms with Crippen LogP contribution in [0.25, 0.3) is 0 Å². The summed E-state index contributed by atoms with van der Waals surface area (Å²) in [5, 5.41) is 0. The van der Waals surface area contributed by atoms with Gasteiger partial charge in [0.1, 0.15) is 24.2 Å². The van der Waals surface area contributed by atoms with Crippen molar-refractivity contribution in [1.82, 2.24) is 0 Å². The van der Waals surface area contributed by atoms with Crippen molar-refractivity contribution < 1.29 is 9.47 Å². The van der Waals surface area contributed by atoms with Crippen molar-refractivity contribution in [3.05, 3.63) is 77.1 Å². The molecular weight excluding hydrogens is 298 g/mol. The van der Waals surface area contributed by atoms with E-state index < -0.39 is 0 Å². The van der Waals surface area contributed by atoms with Crippen LogP contribution < -0.4 is 4.74 Å². The Hall–Kier alpha value is -2.55.